The number of esters is 1. The molecule has 0 aromatic carbocycles. The van der Waals surface area contributed by atoms with E-state index in [0.717, 1.165) is 24.9 Å². The number of carbonyl (C=O) groups excluding carboxylic acids is 2. The Balaban J connectivity index is 2.19. The van der Waals surface area contributed by atoms with Crippen molar-refractivity contribution in [3.8, 4) is 0 Å². The number of carbonyl (C=O) groups is 2. The minimum absolute atomic E-state index is 0.149. The third-order valence-electron chi connectivity index (χ3n) is 3.66. The maximum Gasteiger partial charge on any atom is 0.323 e. The Bertz CT molecular complexity index is 530. The van der Waals surface area contributed by atoms with Gasteiger partial charge in [-0.1, -0.05) is 0 Å². The molecule has 1 aliphatic rings. The fourth-order valence-electron chi connectivity index (χ4n) is 2.78. The Kier molecular flexibility index (Phi) is 5.65. The van der Waals surface area contributed by atoms with Crippen molar-refractivity contribution in [3.05, 3.63) is 24.3 Å². The van der Waals surface area contributed by atoms with Crippen molar-refractivity contribution < 1.29 is 19.1 Å². The summed E-state index contributed by atoms with van der Waals surface area (Å²) < 4.78 is 10.5. The summed E-state index contributed by atoms with van der Waals surface area (Å²) in [6.07, 6.45) is 6.40. The number of nitrogens with zero attached hydrogens (tertiary/aromatic N) is 3. The largest absolute Gasteiger partial charge is 0.466 e. The average molecular weight is 321 g/mol. The van der Waals surface area contributed by atoms with Gasteiger partial charge >= 0.3 is 5.97 Å². The molecule has 2 heterocycles. The molecule has 0 bridgehead atoms. The first-order chi connectivity index (χ1) is 10.9. The second-order valence-corrected chi connectivity index (χ2v) is 6.55. The lowest BCUT2D eigenvalue weighted by Gasteiger charge is -2.32. The summed E-state index contributed by atoms with van der Waals surface area (Å²) in [7, 11) is 0. The molecule has 2 atom stereocenters. The monoisotopic (exact) mass is 321 g/mol. The van der Waals surface area contributed by atoms with Crippen LogP contribution in [0.1, 0.15) is 45.2 Å². The summed E-state index contributed by atoms with van der Waals surface area (Å²) in [6.45, 7) is 6.84. The van der Waals surface area contributed by atoms with Crippen molar-refractivity contribution in [2.75, 3.05) is 13.2 Å². The van der Waals surface area contributed by atoms with Crippen molar-refractivity contribution in [1.82, 2.24) is 14.9 Å². The maximum absolute atomic E-state index is 12.5. The van der Waals surface area contributed by atoms with Crippen LogP contribution in [0.2, 0.25) is 0 Å². The average Bonchev–Trinajstić information content (AvgIpc) is 2.96. The molecule has 0 N–H and O–H groups in total. The van der Waals surface area contributed by atoms with Crippen LogP contribution in [-0.2, 0) is 19.1 Å². The molecule has 0 spiro atoms. The minimum atomic E-state index is -0.532. The van der Waals surface area contributed by atoms with Gasteiger partial charge in [-0.25, -0.2) is 9.97 Å². The third kappa shape index (κ3) is 4.72. The second-order valence-electron chi connectivity index (χ2n) is 6.55. The normalized spacial score (nSPS) is 20.0. The second kappa shape index (κ2) is 7.50. The predicted octanol–water partition coefficient (Wildman–Crippen LogP) is 1.50. The quantitative estimate of drug-likeness (QED) is 0.580. The Morgan fingerprint density at radius 3 is 2.74 bits per heavy atom. The number of rotatable bonds is 6. The van der Waals surface area contributed by atoms with Gasteiger partial charge < -0.3 is 9.47 Å². The molecule has 0 aliphatic carbocycles. The Labute approximate surface area is 136 Å². The van der Waals surface area contributed by atoms with Crippen molar-refractivity contribution in [3.63, 3.8) is 0 Å². The summed E-state index contributed by atoms with van der Waals surface area (Å²) in [6, 6.07) is -0.615. The molecule has 0 radical (unpaired) electrons. The van der Waals surface area contributed by atoms with Gasteiger partial charge in [-0.05, 0) is 40.2 Å². The van der Waals surface area contributed by atoms with E-state index in [2.05, 4.69) is 9.97 Å². The van der Waals surface area contributed by atoms with Gasteiger partial charge in [0.2, 0.25) is 0 Å². The fraction of sp³-hybridized carbons (Fsp3) is 0.625. The molecule has 1 aliphatic heterocycles. The van der Waals surface area contributed by atoms with Crippen LogP contribution in [-0.4, -0.2) is 52.1 Å². The van der Waals surface area contributed by atoms with Gasteiger partial charge in [-0.3, -0.25) is 14.5 Å². The van der Waals surface area contributed by atoms with E-state index in [-0.39, 0.29) is 24.7 Å². The van der Waals surface area contributed by atoms with Crippen LogP contribution in [0.3, 0.4) is 0 Å². The lowest BCUT2D eigenvalue weighted by atomic mass is 10.1. The van der Waals surface area contributed by atoms with E-state index in [9.17, 15) is 9.59 Å². The molecular formula is C16H23N3O4. The molecule has 2 rings (SSSR count). The number of aromatic nitrogens is 2. The van der Waals surface area contributed by atoms with Gasteiger partial charge in [0.05, 0.1) is 6.04 Å². The van der Waals surface area contributed by atoms with Crippen molar-refractivity contribution in [2.45, 2.75) is 51.3 Å². The highest BCUT2D eigenvalue weighted by Gasteiger charge is 2.38. The van der Waals surface area contributed by atoms with Crippen LogP contribution in [0.4, 0.5) is 0 Å². The van der Waals surface area contributed by atoms with Crippen LogP contribution in [0, 0.1) is 0 Å². The van der Waals surface area contributed by atoms with E-state index in [0.29, 0.717) is 6.47 Å². The molecule has 7 heteroatoms. The van der Waals surface area contributed by atoms with Gasteiger partial charge in [0, 0.05) is 18.0 Å². The number of likely N-dealkylation sites (tertiary alicyclic amines) is 1. The minimum Gasteiger partial charge on any atom is -0.466 e. The summed E-state index contributed by atoms with van der Waals surface area (Å²) in [5, 5.41) is 0. The Hall–Kier alpha value is -2.02. The van der Waals surface area contributed by atoms with Gasteiger partial charge in [0.15, 0.2) is 0 Å². The van der Waals surface area contributed by atoms with Crippen LogP contribution in [0.5, 0.6) is 0 Å². The summed E-state index contributed by atoms with van der Waals surface area (Å²) >= 11 is 0. The van der Waals surface area contributed by atoms with Crippen LogP contribution in [0.15, 0.2) is 18.7 Å². The number of hydrogen-bond donors (Lipinski definition) is 0. The van der Waals surface area contributed by atoms with Crippen molar-refractivity contribution in [1.29, 1.82) is 0 Å². The molecular weight excluding hydrogens is 298 g/mol. The molecule has 1 aromatic rings. The van der Waals surface area contributed by atoms with Crippen LogP contribution >= 0.6 is 0 Å². The lowest BCUT2D eigenvalue weighted by Crippen LogP contribution is -2.43. The van der Waals surface area contributed by atoms with Crippen LogP contribution in [0.25, 0.3) is 0 Å². The smallest absolute Gasteiger partial charge is 0.323 e. The highest BCUT2D eigenvalue weighted by atomic mass is 16.6. The zero-order chi connectivity index (χ0) is 16.9. The van der Waals surface area contributed by atoms with Gasteiger partial charge in [0.25, 0.3) is 6.47 Å². The van der Waals surface area contributed by atoms with E-state index in [4.69, 9.17) is 9.47 Å². The van der Waals surface area contributed by atoms with Gasteiger partial charge in [-0.15, -0.1) is 0 Å². The molecule has 0 saturated carbocycles. The zero-order valence-corrected chi connectivity index (χ0v) is 13.8. The summed E-state index contributed by atoms with van der Waals surface area (Å²) in [4.78, 5) is 33.1. The van der Waals surface area contributed by atoms with E-state index in [1.165, 1.54) is 6.33 Å². The maximum atomic E-state index is 12.5. The zero-order valence-electron chi connectivity index (χ0n) is 13.8. The highest BCUT2D eigenvalue weighted by molar-refractivity contribution is 5.76. The first-order valence-corrected chi connectivity index (χ1v) is 7.71. The summed E-state index contributed by atoms with van der Waals surface area (Å²) in [5.41, 5.74) is 0.278. The topological polar surface area (TPSA) is 81.6 Å². The third-order valence-corrected chi connectivity index (χ3v) is 3.66. The Morgan fingerprint density at radius 2 is 2.13 bits per heavy atom. The molecule has 1 fully saturated rings. The van der Waals surface area contributed by atoms with E-state index < -0.39 is 5.60 Å². The van der Waals surface area contributed by atoms with Crippen molar-refractivity contribution >= 4 is 12.4 Å². The standard InChI is InChI=1S/C16H23N3O4/c1-16(2,3)23-15(21)13-5-4-6-19(13)14(9-22-11-20)12-7-17-10-18-8-12/h7-8,10-11,13-14H,4-6,9H2,1-3H3/t13-,14?/m1/s1. The first kappa shape index (κ1) is 17.3. The molecule has 1 unspecified atom stereocenters. The predicted molar refractivity (Wildman–Crippen MR) is 82.4 cm³/mol. The van der Waals surface area contributed by atoms with E-state index in [1.54, 1.807) is 12.4 Å². The fourth-order valence-corrected chi connectivity index (χ4v) is 2.78. The molecule has 1 saturated heterocycles. The van der Waals surface area contributed by atoms with Crippen LogP contribution < -0.4 is 0 Å². The molecule has 0 amide bonds. The summed E-state index contributed by atoms with van der Waals surface area (Å²) in [5.74, 6) is -0.247. The van der Waals surface area contributed by atoms with Gasteiger partial charge in [0.1, 0.15) is 24.6 Å². The van der Waals surface area contributed by atoms with E-state index in [1.807, 2.05) is 25.7 Å². The lowest BCUT2D eigenvalue weighted by molar-refractivity contribution is -0.161. The SMILES string of the molecule is CC(C)(C)OC(=O)[C@H]1CCCN1C(COC=O)c1cncnc1. The van der Waals surface area contributed by atoms with E-state index >= 15 is 0 Å². The van der Waals surface area contributed by atoms with Crippen molar-refractivity contribution in [2.24, 2.45) is 0 Å². The molecule has 126 valence electrons. The molecule has 23 heavy (non-hydrogen) atoms. The van der Waals surface area contributed by atoms with Gasteiger partial charge in [-0.2, -0.15) is 0 Å². The first-order valence-electron chi connectivity index (χ1n) is 7.71. The molecule has 1 aromatic heterocycles. The number of hydrogen-bond acceptors (Lipinski definition) is 7. The number of ether oxygens (including phenoxy) is 2. The Morgan fingerprint density at radius 1 is 1.43 bits per heavy atom. The molecule has 7 nitrogen and oxygen atoms in total. The highest BCUT2D eigenvalue weighted by Crippen LogP contribution is 2.30.